The Labute approximate surface area is 104 Å². The lowest BCUT2D eigenvalue weighted by Crippen LogP contribution is -2.08. The molecule has 2 atom stereocenters. The minimum Gasteiger partial charge on any atom is -0.393 e. The average Bonchev–Trinajstić information content (AvgIpc) is 2.96. The standard InChI is InChI=1S/C12H15N5O/c13-11-3-1-2-10(15-11)12-16-14-7-17(12)8-4-5-9(18)6-8/h1-3,7-9,18H,4-6H2,(H2,13,15)/t8-,9-/m0/s1. The summed E-state index contributed by atoms with van der Waals surface area (Å²) in [6.45, 7) is 0. The summed E-state index contributed by atoms with van der Waals surface area (Å²) in [6.07, 6.45) is 3.98. The smallest absolute Gasteiger partial charge is 0.182 e. The first-order valence-electron chi connectivity index (χ1n) is 6.04. The van der Waals surface area contributed by atoms with E-state index in [1.54, 1.807) is 12.4 Å². The molecule has 0 aliphatic heterocycles. The van der Waals surface area contributed by atoms with Gasteiger partial charge in [0.25, 0.3) is 0 Å². The molecule has 0 bridgehead atoms. The summed E-state index contributed by atoms with van der Waals surface area (Å²) in [6, 6.07) is 5.69. The van der Waals surface area contributed by atoms with Gasteiger partial charge < -0.3 is 15.4 Å². The second kappa shape index (κ2) is 4.38. The number of pyridine rings is 1. The number of aromatic nitrogens is 4. The van der Waals surface area contributed by atoms with E-state index in [-0.39, 0.29) is 12.1 Å². The number of aliphatic hydroxyl groups is 1. The third-order valence-electron chi connectivity index (χ3n) is 3.34. The van der Waals surface area contributed by atoms with Crippen LogP contribution in [0, 0.1) is 0 Å². The first kappa shape index (κ1) is 11.2. The molecule has 6 heteroatoms. The average molecular weight is 245 g/mol. The van der Waals surface area contributed by atoms with Gasteiger partial charge in [0, 0.05) is 6.04 Å². The predicted octanol–water partition coefficient (Wildman–Crippen LogP) is 1.01. The quantitative estimate of drug-likeness (QED) is 0.824. The molecule has 1 aliphatic carbocycles. The number of rotatable bonds is 2. The molecule has 2 aromatic heterocycles. The van der Waals surface area contributed by atoms with Crippen molar-refractivity contribution in [2.45, 2.75) is 31.4 Å². The molecular weight excluding hydrogens is 230 g/mol. The van der Waals surface area contributed by atoms with Crippen LogP contribution in [0.2, 0.25) is 0 Å². The minimum atomic E-state index is -0.223. The summed E-state index contributed by atoms with van der Waals surface area (Å²) in [7, 11) is 0. The summed E-state index contributed by atoms with van der Waals surface area (Å²) < 4.78 is 1.98. The number of hydrogen-bond acceptors (Lipinski definition) is 5. The molecule has 0 radical (unpaired) electrons. The number of nitrogens with two attached hydrogens (primary N) is 1. The fourth-order valence-corrected chi connectivity index (χ4v) is 2.46. The molecular formula is C12H15N5O. The molecule has 0 saturated heterocycles. The highest BCUT2D eigenvalue weighted by Gasteiger charge is 2.26. The van der Waals surface area contributed by atoms with Gasteiger partial charge in [0.2, 0.25) is 0 Å². The van der Waals surface area contributed by atoms with Crippen molar-refractivity contribution in [3.8, 4) is 11.5 Å². The van der Waals surface area contributed by atoms with Crippen LogP contribution >= 0.6 is 0 Å². The van der Waals surface area contributed by atoms with Crippen molar-refractivity contribution in [3.63, 3.8) is 0 Å². The maximum absolute atomic E-state index is 9.61. The highest BCUT2D eigenvalue weighted by atomic mass is 16.3. The highest BCUT2D eigenvalue weighted by molar-refractivity contribution is 5.52. The van der Waals surface area contributed by atoms with Gasteiger partial charge in [-0.3, -0.25) is 0 Å². The zero-order valence-electron chi connectivity index (χ0n) is 9.90. The van der Waals surface area contributed by atoms with Crippen molar-refractivity contribution < 1.29 is 5.11 Å². The van der Waals surface area contributed by atoms with Crippen LogP contribution in [0.4, 0.5) is 5.82 Å². The van der Waals surface area contributed by atoms with E-state index in [0.29, 0.717) is 17.3 Å². The Balaban J connectivity index is 1.96. The normalized spacial score (nSPS) is 23.4. The fraction of sp³-hybridized carbons (Fsp3) is 0.417. The monoisotopic (exact) mass is 245 g/mol. The van der Waals surface area contributed by atoms with E-state index in [1.807, 2.05) is 16.7 Å². The molecule has 1 aliphatic rings. The molecule has 1 saturated carbocycles. The van der Waals surface area contributed by atoms with Crippen molar-refractivity contribution in [1.82, 2.24) is 19.7 Å². The first-order chi connectivity index (χ1) is 8.74. The van der Waals surface area contributed by atoms with Crippen LogP contribution < -0.4 is 5.73 Å². The lowest BCUT2D eigenvalue weighted by Gasteiger charge is -2.13. The molecule has 1 fully saturated rings. The maximum Gasteiger partial charge on any atom is 0.182 e. The molecule has 18 heavy (non-hydrogen) atoms. The molecule has 0 spiro atoms. The Hall–Kier alpha value is -1.95. The molecule has 6 nitrogen and oxygen atoms in total. The SMILES string of the molecule is Nc1cccc(-c2nncn2[C@H]2CC[C@H](O)C2)n1. The summed E-state index contributed by atoms with van der Waals surface area (Å²) in [5, 5.41) is 17.7. The fourth-order valence-electron chi connectivity index (χ4n) is 2.46. The minimum absolute atomic E-state index is 0.223. The first-order valence-corrected chi connectivity index (χ1v) is 6.04. The second-order valence-electron chi connectivity index (χ2n) is 4.63. The lowest BCUT2D eigenvalue weighted by atomic mass is 10.2. The third kappa shape index (κ3) is 1.95. The van der Waals surface area contributed by atoms with Gasteiger partial charge in [-0.05, 0) is 31.4 Å². The van der Waals surface area contributed by atoms with E-state index in [1.165, 1.54) is 0 Å². The van der Waals surface area contributed by atoms with Crippen molar-refractivity contribution in [2.24, 2.45) is 0 Å². The Morgan fingerprint density at radius 2 is 2.22 bits per heavy atom. The van der Waals surface area contributed by atoms with Crippen LogP contribution in [0.5, 0.6) is 0 Å². The van der Waals surface area contributed by atoms with Crippen molar-refractivity contribution in [2.75, 3.05) is 5.73 Å². The molecule has 0 amide bonds. The van der Waals surface area contributed by atoms with Gasteiger partial charge in [0.05, 0.1) is 6.10 Å². The Bertz CT molecular complexity index is 553. The third-order valence-corrected chi connectivity index (χ3v) is 3.34. The van der Waals surface area contributed by atoms with Crippen LogP contribution in [0.15, 0.2) is 24.5 Å². The molecule has 3 N–H and O–H groups in total. The zero-order chi connectivity index (χ0) is 12.5. The molecule has 0 aromatic carbocycles. The van der Waals surface area contributed by atoms with Crippen LogP contribution in [0.3, 0.4) is 0 Å². The van der Waals surface area contributed by atoms with Crippen molar-refractivity contribution in [1.29, 1.82) is 0 Å². The van der Waals surface area contributed by atoms with Crippen LogP contribution in [0.25, 0.3) is 11.5 Å². The number of aliphatic hydroxyl groups excluding tert-OH is 1. The van der Waals surface area contributed by atoms with Crippen LogP contribution in [-0.4, -0.2) is 31.0 Å². The number of nitrogen functional groups attached to an aromatic ring is 1. The topological polar surface area (TPSA) is 89.8 Å². The predicted molar refractivity (Wildman–Crippen MR) is 66.6 cm³/mol. The van der Waals surface area contributed by atoms with E-state index in [2.05, 4.69) is 15.2 Å². The van der Waals surface area contributed by atoms with Gasteiger partial charge in [0.1, 0.15) is 17.8 Å². The van der Waals surface area contributed by atoms with E-state index in [0.717, 1.165) is 19.3 Å². The Morgan fingerprint density at radius 1 is 1.33 bits per heavy atom. The lowest BCUT2D eigenvalue weighted by molar-refractivity contribution is 0.178. The number of hydrogen-bond donors (Lipinski definition) is 2. The van der Waals surface area contributed by atoms with E-state index >= 15 is 0 Å². The largest absolute Gasteiger partial charge is 0.393 e. The van der Waals surface area contributed by atoms with Gasteiger partial charge in [-0.1, -0.05) is 6.07 Å². The Morgan fingerprint density at radius 3 is 2.94 bits per heavy atom. The Kier molecular flexibility index (Phi) is 2.71. The molecule has 0 unspecified atom stereocenters. The summed E-state index contributed by atoms with van der Waals surface area (Å²) in [4.78, 5) is 4.26. The summed E-state index contributed by atoms with van der Waals surface area (Å²) in [5.74, 6) is 1.18. The molecule has 2 heterocycles. The second-order valence-corrected chi connectivity index (χ2v) is 4.63. The highest BCUT2D eigenvalue weighted by Crippen LogP contribution is 2.32. The molecule has 3 rings (SSSR count). The molecule has 2 aromatic rings. The van der Waals surface area contributed by atoms with Crippen LogP contribution in [0.1, 0.15) is 25.3 Å². The summed E-state index contributed by atoms with van der Waals surface area (Å²) in [5.41, 5.74) is 6.40. The number of anilines is 1. The molecule has 94 valence electrons. The van der Waals surface area contributed by atoms with E-state index in [9.17, 15) is 5.11 Å². The van der Waals surface area contributed by atoms with Gasteiger partial charge >= 0.3 is 0 Å². The van der Waals surface area contributed by atoms with Crippen molar-refractivity contribution in [3.05, 3.63) is 24.5 Å². The van der Waals surface area contributed by atoms with Crippen molar-refractivity contribution >= 4 is 5.82 Å². The van der Waals surface area contributed by atoms with Gasteiger partial charge in [0.15, 0.2) is 5.82 Å². The maximum atomic E-state index is 9.61. The van der Waals surface area contributed by atoms with Crippen LogP contribution in [-0.2, 0) is 0 Å². The van der Waals surface area contributed by atoms with E-state index in [4.69, 9.17) is 5.73 Å². The zero-order valence-corrected chi connectivity index (χ0v) is 9.90. The van der Waals surface area contributed by atoms with E-state index < -0.39 is 0 Å². The van der Waals surface area contributed by atoms with Gasteiger partial charge in [-0.25, -0.2) is 4.98 Å². The van der Waals surface area contributed by atoms with Gasteiger partial charge in [-0.2, -0.15) is 0 Å². The van der Waals surface area contributed by atoms with Gasteiger partial charge in [-0.15, -0.1) is 10.2 Å². The number of nitrogens with zero attached hydrogens (tertiary/aromatic N) is 4. The summed E-state index contributed by atoms with van der Waals surface area (Å²) >= 11 is 0.